The van der Waals surface area contributed by atoms with E-state index in [4.69, 9.17) is 17.3 Å². The van der Waals surface area contributed by atoms with Gasteiger partial charge in [0.25, 0.3) is 0 Å². The van der Waals surface area contributed by atoms with Gasteiger partial charge in [-0.25, -0.2) is 9.97 Å². The van der Waals surface area contributed by atoms with E-state index in [1.165, 1.54) is 0 Å². The summed E-state index contributed by atoms with van der Waals surface area (Å²) in [5, 5.41) is 3.26. The summed E-state index contributed by atoms with van der Waals surface area (Å²) in [6, 6.07) is 1.84. The van der Waals surface area contributed by atoms with E-state index in [-0.39, 0.29) is 11.3 Å². The van der Waals surface area contributed by atoms with Gasteiger partial charge in [0.2, 0.25) is 5.28 Å². The molecule has 1 atom stereocenters. The van der Waals surface area contributed by atoms with Gasteiger partial charge < -0.3 is 11.1 Å². The van der Waals surface area contributed by atoms with Gasteiger partial charge in [0.05, 0.1) is 0 Å². The van der Waals surface area contributed by atoms with Crippen molar-refractivity contribution in [1.29, 1.82) is 0 Å². The minimum absolute atomic E-state index is 0.0961. The number of nitrogens with two attached hydrogens (primary N) is 1. The molecule has 1 unspecified atom stereocenters. The van der Waals surface area contributed by atoms with Crippen LogP contribution in [-0.4, -0.2) is 22.6 Å². The van der Waals surface area contributed by atoms with Gasteiger partial charge in [0, 0.05) is 18.8 Å². The van der Waals surface area contributed by atoms with Crippen LogP contribution in [0.2, 0.25) is 5.28 Å². The van der Waals surface area contributed by atoms with Gasteiger partial charge in [-0.1, -0.05) is 0 Å². The molecule has 0 amide bonds. The van der Waals surface area contributed by atoms with E-state index >= 15 is 0 Å². The first-order valence-corrected chi connectivity index (χ1v) is 4.04. The van der Waals surface area contributed by atoms with Crippen LogP contribution in [0, 0.1) is 0 Å². The van der Waals surface area contributed by atoms with Crippen molar-refractivity contribution in [1.82, 2.24) is 9.97 Å². The summed E-state index contributed by atoms with van der Waals surface area (Å²) in [7, 11) is 0. The van der Waals surface area contributed by atoms with Crippen LogP contribution in [-0.2, 0) is 0 Å². The minimum atomic E-state index is 0.0961. The maximum Gasteiger partial charge on any atom is 0.224 e. The second kappa shape index (κ2) is 4.23. The molecule has 4 nitrogen and oxygen atoms in total. The molecule has 0 aliphatic heterocycles. The monoisotopic (exact) mass is 186 g/mol. The van der Waals surface area contributed by atoms with E-state index < -0.39 is 0 Å². The highest BCUT2D eigenvalue weighted by molar-refractivity contribution is 6.28. The topological polar surface area (TPSA) is 63.8 Å². The van der Waals surface area contributed by atoms with Crippen LogP contribution in [0.1, 0.15) is 6.92 Å². The molecular weight excluding hydrogens is 176 g/mol. The summed E-state index contributed by atoms with van der Waals surface area (Å²) in [6.45, 7) is 2.59. The zero-order chi connectivity index (χ0) is 8.97. The highest BCUT2D eigenvalue weighted by atomic mass is 35.5. The molecule has 0 aromatic carbocycles. The lowest BCUT2D eigenvalue weighted by Gasteiger charge is -2.07. The Morgan fingerprint density at radius 2 is 2.50 bits per heavy atom. The lowest BCUT2D eigenvalue weighted by atomic mass is 10.3. The quantitative estimate of drug-likeness (QED) is 0.689. The van der Waals surface area contributed by atoms with Gasteiger partial charge in [0.15, 0.2) is 0 Å². The highest BCUT2D eigenvalue weighted by Crippen LogP contribution is 2.04. The van der Waals surface area contributed by atoms with Gasteiger partial charge in [-0.3, -0.25) is 0 Å². The van der Waals surface area contributed by atoms with Crippen LogP contribution in [0.15, 0.2) is 12.3 Å². The Morgan fingerprint density at radius 3 is 3.08 bits per heavy atom. The van der Waals surface area contributed by atoms with Crippen LogP contribution < -0.4 is 11.1 Å². The zero-order valence-corrected chi connectivity index (χ0v) is 7.54. The van der Waals surface area contributed by atoms with Crippen molar-refractivity contribution in [2.75, 3.05) is 11.9 Å². The lowest BCUT2D eigenvalue weighted by Crippen LogP contribution is -2.25. The normalized spacial score (nSPS) is 12.6. The van der Waals surface area contributed by atoms with Crippen molar-refractivity contribution < 1.29 is 0 Å². The fourth-order valence-corrected chi connectivity index (χ4v) is 0.846. The molecule has 1 aromatic heterocycles. The highest BCUT2D eigenvalue weighted by Gasteiger charge is 1.96. The number of anilines is 1. The Bertz CT molecular complexity index is 251. The van der Waals surface area contributed by atoms with Crippen molar-refractivity contribution in [3.63, 3.8) is 0 Å². The molecule has 1 rings (SSSR count). The Balaban J connectivity index is 2.52. The number of hydrogen-bond acceptors (Lipinski definition) is 4. The number of halogens is 1. The van der Waals surface area contributed by atoms with Crippen molar-refractivity contribution in [2.45, 2.75) is 13.0 Å². The first kappa shape index (κ1) is 9.22. The lowest BCUT2D eigenvalue weighted by molar-refractivity contribution is 0.777. The van der Waals surface area contributed by atoms with Crippen molar-refractivity contribution in [2.24, 2.45) is 5.73 Å². The SMILES string of the molecule is CC(N)CNc1ccnc(Cl)n1. The first-order chi connectivity index (χ1) is 5.68. The zero-order valence-electron chi connectivity index (χ0n) is 6.79. The van der Waals surface area contributed by atoms with Gasteiger partial charge >= 0.3 is 0 Å². The second-order valence-electron chi connectivity index (χ2n) is 2.57. The average Bonchev–Trinajstić information content (AvgIpc) is 2.01. The molecule has 0 aliphatic carbocycles. The number of nitrogens with zero attached hydrogens (tertiary/aromatic N) is 2. The Hall–Kier alpha value is -0.870. The molecule has 3 N–H and O–H groups in total. The molecule has 0 radical (unpaired) electrons. The van der Waals surface area contributed by atoms with E-state index in [9.17, 15) is 0 Å². The Kier molecular flexibility index (Phi) is 3.25. The van der Waals surface area contributed by atoms with E-state index in [2.05, 4.69) is 15.3 Å². The maximum absolute atomic E-state index is 5.57. The molecular formula is C7H11ClN4. The molecule has 0 fully saturated rings. The smallest absolute Gasteiger partial charge is 0.224 e. The molecule has 0 bridgehead atoms. The van der Waals surface area contributed by atoms with Gasteiger partial charge in [-0.2, -0.15) is 0 Å². The van der Waals surface area contributed by atoms with Crippen LogP contribution in [0.5, 0.6) is 0 Å². The van der Waals surface area contributed by atoms with Crippen LogP contribution in [0.25, 0.3) is 0 Å². The Morgan fingerprint density at radius 1 is 1.75 bits per heavy atom. The van der Waals surface area contributed by atoms with Crippen LogP contribution in [0.3, 0.4) is 0 Å². The maximum atomic E-state index is 5.57. The second-order valence-corrected chi connectivity index (χ2v) is 2.91. The van der Waals surface area contributed by atoms with Gasteiger partial charge in [0.1, 0.15) is 5.82 Å². The summed E-state index contributed by atoms with van der Waals surface area (Å²) in [5.74, 6) is 0.701. The number of nitrogens with one attached hydrogen (secondary N) is 1. The van der Waals surface area contributed by atoms with E-state index in [0.717, 1.165) is 0 Å². The summed E-state index contributed by atoms with van der Waals surface area (Å²) in [5.41, 5.74) is 5.54. The summed E-state index contributed by atoms with van der Waals surface area (Å²) < 4.78 is 0. The molecule has 1 aromatic rings. The average molecular weight is 187 g/mol. The molecule has 0 saturated carbocycles. The molecule has 12 heavy (non-hydrogen) atoms. The van der Waals surface area contributed by atoms with Crippen molar-refractivity contribution in [3.8, 4) is 0 Å². The molecule has 66 valence electrons. The predicted molar refractivity (Wildman–Crippen MR) is 49.2 cm³/mol. The Labute approximate surface area is 76.2 Å². The summed E-state index contributed by atoms with van der Waals surface area (Å²) in [4.78, 5) is 7.68. The molecule has 1 heterocycles. The third kappa shape index (κ3) is 3.02. The largest absolute Gasteiger partial charge is 0.368 e. The first-order valence-electron chi connectivity index (χ1n) is 3.66. The third-order valence-corrected chi connectivity index (χ3v) is 1.41. The number of rotatable bonds is 3. The molecule has 0 saturated heterocycles. The fraction of sp³-hybridized carbons (Fsp3) is 0.429. The van der Waals surface area contributed by atoms with Gasteiger partial charge in [-0.05, 0) is 24.6 Å². The molecule has 0 spiro atoms. The number of aromatic nitrogens is 2. The third-order valence-electron chi connectivity index (χ3n) is 1.23. The van der Waals surface area contributed by atoms with Crippen molar-refractivity contribution in [3.05, 3.63) is 17.5 Å². The molecule has 0 aliphatic rings. The van der Waals surface area contributed by atoms with E-state index in [0.29, 0.717) is 12.4 Å². The predicted octanol–water partition coefficient (Wildman–Crippen LogP) is 0.889. The van der Waals surface area contributed by atoms with E-state index in [1.807, 2.05) is 6.92 Å². The standard InChI is InChI=1S/C7H11ClN4/c1-5(9)4-11-6-2-3-10-7(8)12-6/h2-3,5H,4,9H2,1H3,(H,10,11,12). The van der Waals surface area contributed by atoms with Gasteiger partial charge in [-0.15, -0.1) is 0 Å². The number of hydrogen-bond donors (Lipinski definition) is 2. The minimum Gasteiger partial charge on any atom is -0.368 e. The summed E-state index contributed by atoms with van der Waals surface area (Å²) in [6.07, 6.45) is 1.60. The fourth-order valence-electron chi connectivity index (χ4n) is 0.699. The molecule has 5 heteroatoms. The van der Waals surface area contributed by atoms with Crippen LogP contribution in [0.4, 0.5) is 5.82 Å². The van der Waals surface area contributed by atoms with E-state index in [1.54, 1.807) is 12.3 Å². The summed E-state index contributed by atoms with van der Waals surface area (Å²) >= 11 is 5.57. The van der Waals surface area contributed by atoms with Crippen molar-refractivity contribution >= 4 is 17.4 Å². The van der Waals surface area contributed by atoms with Crippen LogP contribution >= 0.6 is 11.6 Å².